The molecule has 1 aromatic rings. The number of amides is 1. The Kier molecular flexibility index (Phi) is 4.81. The predicted octanol–water partition coefficient (Wildman–Crippen LogP) is 1.47. The van der Waals surface area contributed by atoms with Gasteiger partial charge in [-0.3, -0.25) is 4.79 Å². The van der Waals surface area contributed by atoms with Crippen molar-refractivity contribution < 1.29 is 14.3 Å². The number of carbonyl (C=O) groups excluding carboxylic acids is 1. The van der Waals surface area contributed by atoms with Gasteiger partial charge < -0.3 is 19.3 Å². The van der Waals surface area contributed by atoms with Crippen LogP contribution in [0.5, 0.6) is 5.75 Å². The van der Waals surface area contributed by atoms with E-state index in [9.17, 15) is 4.79 Å². The Morgan fingerprint density at radius 1 is 1.48 bits per heavy atom. The Balaban J connectivity index is 1.62. The Hall–Kier alpha value is -2.08. The molecule has 3 heterocycles. The van der Waals surface area contributed by atoms with Gasteiger partial charge in [0.1, 0.15) is 6.10 Å². The molecule has 0 spiro atoms. The van der Waals surface area contributed by atoms with E-state index in [0.29, 0.717) is 26.2 Å². The fourth-order valence-corrected chi connectivity index (χ4v) is 2.92. The van der Waals surface area contributed by atoms with Gasteiger partial charge in [0.25, 0.3) is 0 Å². The highest BCUT2D eigenvalue weighted by Gasteiger charge is 2.30. The summed E-state index contributed by atoms with van der Waals surface area (Å²) in [6.07, 6.45) is 5.21. The number of likely N-dealkylation sites (tertiary alicyclic amines) is 1. The maximum Gasteiger partial charge on any atom is 0.249 e. The highest BCUT2D eigenvalue weighted by Crippen LogP contribution is 2.27. The average molecular weight is 317 g/mol. The van der Waals surface area contributed by atoms with Gasteiger partial charge in [0, 0.05) is 45.3 Å². The van der Waals surface area contributed by atoms with Crippen molar-refractivity contribution in [2.45, 2.75) is 18.9 Å². The molecule has 0 radical (unpaired) electrons. The first kappa shape index (κ1) is 15.8. The molecule has 1 fully saturated rings. The Morgan fingerprint density at radius 2 is 2.35 bits per heavy atom. The molecule has 0 aliphatic carbocycles. The van der Waals surface area contributed by atoms with Crippen molar-refractivity contribution in [2.75, 3.05) is 45.3 Å². The topological polar surface area (TPSA) is 54.9 Å². The van der Waals surface area contributed by atoms with Crippen LogP contribution in [-0.4, -0.2) is 62.3 Å². The van der Waals surface area contributed by atoms with Crippen molar-refractivity contribution in [3.05, 3.63) is 30.0 Å². The summed E-state index contributed by atoms with van der Waals surface area (Å²) in [5, 5.41) is 0. The molecular weight excluding hydrogens is 294 g/mol. The zero-order chi connectivity index (χ0) is 16.2. The minimum absolute atomic E-state index is 0.0160. The van der Waals surface area contributed by atoms with Crippen LogP contribution in [0.4, 0.5) is 5.82 Å². The molecule has 23 heavy (non-hydrogen) atoms. The normalized spacial score (nSPS) is 21.0. The van der Waals surface area contributed by atoms with Gasteiger partial charge in [-0.15, -0.1) is 0 Å². The van der Waals surface area contributed by atoms with Crippen molar-refractivity contribution in [3.8, 4) is 5.75 Å². The van der Waals surface area contributed by atoms with Crippen LogP contribution in [0.25, 0.3) is 0 Å². The largest absolute Gasteiger partial charge is 0.485 e. The second-order valence-electron chi connectivity index (χ2n) is 6.05. The van der Waals surface area contributed by atoms with E-state index in [-0.39, 0.29) is 12.0 Å². The summed E-state index contributed by atoms with van der Waals surface area (Å²) in [6, 6.07) is 3.79. The van der Waals surface area contributed by atoms with Crippen LogP contribution in [0, 0.1) is 0 Å². The molecule has 124 valence electrons. The summed E-state index contributed by atoms with van der Waals surface area (Å²) in [4.78, 5) is 20.7. The van der Waals surface area contributed by atoms with Gasteiger partial charge in [0.2, 0.25) is 5.91 Å². The molecule has 6 nitrogen and oxygen atoms in total. The molecule has 1 saturated heterocycles. The maximum absolute atomic E-state index is 12.5. The van der Waals surface area contributed by atoms with Crippen molar-refractivity contribution >= 4 is 11.7 Å². The second-order valence-corrected chi connectivity index (χ2v) is 6.05. The zero-order valence-electron chi connectivity index (χ0n) is 13.7. The number of hydrogen-bond donors (Lipinski definition) is 0. The SMILES string of the molecule is CN(C)c1ncccc1OC1CCN(C(=O)C2=CCOCC2)C1. The molecule has 0 saturated carbocycles. The summed E-state index contributed by atoms with van der Waals surface area (Å²) >= 11 is 0. The molecule has 2 aliphatic heterocycles. The van der Waals surface area contributed by atoms with Gasteiger partial charge in [0.05, 0.1) is 19.8 Å². The lowest BCUT2D eigenvalue weighted by Gasteiger charge is -2.22. The molecular formula is C17H23N3O3. The second kappa shape index (κ2) is 7.00. The Labute approximate surface area is 136 Å². The number of pyridine rings is 1. The third kappa shape index (κ3) is 3.64. The summed E-state index contributed by atoms with van der Waals surface area (Å²) in [7, 11) is 3.88. The molecule has 0 bridgehead atoms. The molecule has 1 atom stereocenters. The monoisotopic (exact) mass is 317 g/mol. The number of hydrogen-bond acceptors (Lipinski definition) is 5. The van der Waals surface area contributed by atoms with E-state index in [0.717, 1.165) is 30.1 Å². The maximum atomic E-state index is 12.5. The van der Waals surface area contributed by atoms with Gasteiger partial charge in [-0.1, -0.05) is 6.08 Å². The third-order valence-corrected chi connectivity index (χ3v) is 4.14. The van der Waals surface area contributed by atoms with Crippen LogP contribution in [0.15, 0.2) is 30.0 Å². The lowest BCUT2D eigenvalue weighted by molar-refractivity contribution is -0.126. The van der Waals surface area contributed by atoms with Crippen LogP contribution in [-0.2, 0) is 9.53 Å². The smallest absolute Gasteiger partial charge is 0.249 e. The molecule has 6 heteroatoms. The zero-order valence-corrected chi connectivity index (χ0v) is 13.7. The molecule has 1 aromatic heterocycles. The number of rotatable bonds is 4. The molecule has 2 aliphatic rings. The number of nitrogens with zero attached hydrogens (tertiary/aromatic N) is 3. The van der Waals surface area contributed by atoms with Crippen molar-refractivity contribution in [1.29, 1.82) is 0 Å². The lowest BCUT2D eigenvalue weighted by Crippen LogP contribution is -2.33. The number of aromatic nitrogens is 1. The predicted molar refractivity (Wildman–Crippen MR) is 87.7 cm³/mol. The molecule has 3 rings (SSSR count). The first-order valence-corrected chi connectivity index (χ1v) is 8.00. The van der Waals surface area contributed by atoms with Crippen LogP contribution in [0.2, 0.25) is 0 Å². The summed E-state index contributed by atoms with van der Waals surface area (Å²) in [5.74, 6) is 1.70. The summed E-state index contributed by atoms with van der Waals surface area (Å²) in [6.45, 7) is 2.53. The highest BCUT2D eigenvalue weighted by atomic mass is 16.5. The van der Waals surface area contributed by atoms with E-state index in [4.69, 9.17) is 9.47 Å². The van der Waals surface area contributed by atoms with Gasteiger partial charge in [-0.25, -0.2) is 4.98 Å². The number of anilines is 1. The van der Waals surface area contributed by atoms with E-state index in [1.807, 2.05) is 42.1 Å². The van der Waals surface area contributed by atoms with Gasteiger partial charge in [0.15, 0.2) is 11.6 Å². The summed E-state index contributed by atoms with van der Waals surface area (Å²) < 4.78 is 11.4. The Bertz CT molecular complexity index is 601. The average Bonchev–Trinajstić information content (AvgIpc) is 3.04. The lowest BCUT2D eigenvalue weighted by atomic mass is 10.1. The van der Waals surface area contributed by atoms with Gasteiger partial charge in [-0.05, 0) is 12.1 Å². The van der Waals surface area contributed by atoms with Crippen LogP contribution >= 0.6 is 0 Å². The van der Waals surface area contributed by atoms with E-state index in [1.54, 1.807) is 6.20 Å². The first-order valence-electron chi connectivity index (χ1n) is 8.00. The quantitative estimate of drug-likeness (QED) is 0.842. The van der Waals surface area contributed by atoms with E-state index < -0.39 is 0 Å². The van der Waals surface area contributed by atoms with Crippen LogP contribution in [0.1, 0.15) is 12.8 Å². The minimum atomic E-state index is 0.0160. The molecule has 0 aromatic carbocycles. The van der Waals surface area contributed by atoms with Crippen LogP contribution < -0.4 is 9.64 Å². The van der Waals surface area contributed by atoms with E-state index in [2.05, 4.69) is 4.98 Å². The van der Waals surface area contributed by atoms with Crippen LogP contribution in [0.3, 0.4) is 0 Å². The standard InChI is InChI=1S/C17H23N3O3/c1-19(2)16-15(4-3-8-18-16)23-14-5-9-20(12-14)17(21)13-6-10-22-11-7-13/h3-4,6,8,14H,5,7,9-12H2,1-2H3. The minimum Gasteiger partial charge on any atom is -0.485 e. The summed E-state index contributed by atoms with van der Waals surface area (Å²) in [5.41, 5.74) is 0.868. The number of carbonyl (C=O) groups is 1. The first-order chi connectivity index (χ1) is 11.1. The molecule has 1 unspecified atom stereocenters. The van der Waals surface area contributed by atoms with Crippen molar-refractivity contribution in [3.63, 3.8) is 0 Å². The van der Waals surface area contributed by atoms with Crippen molar-refractivity contribution in [1.82, 2.24) is 9.88 Å². The van der Waals surface area contributed by atoms with Crippen molar-refractivity contribution in [2.24, 2.45) is 0 Å². The Morgan fingerprint density at radius 3 is 3.09 bits per heavy atom. The van der Waals surface area contributed by atoms with Gasteiger partial charge in [-0.2, -0.15) is 0 Å². The fourth-order valence-electron chi connectivity index (χ4n) is 2.92. The van der Waals surface area contributed by atoms with Gasteiger partial charge >= 0.3 is 0 Å². The third-order valence-electron chi connectivity index (χ3n) is 4.14. The molecule has 0 N–H and O–H groups in total. The highest BCUT2D eigenvalue weighted by molar-refractivity contribution is 5.93. The van der Waals surface area contributed by atoms with E-state index in [1.165, 1.54) is 0 Å². The van der Waals surface area contributed by atoms with E-state index >= 15 is 0 Å². The fraction of sp³-hybridized carbons (Fsp3) is 0.529. The number of ether oxygens (including phenoxy) is 2. The molecule has 1 amide bonds.